The lowest BCUT2D eigenvalue weighted by Crippen LogP contribution is -2.31. The van der Waals surface area contributed by atoms with Crippen molar-refractivity contribution in [3.8, 4) is 0 Å². The zero-order valence-electron chi connectivity index (χ0n) is 10.7. The molecule has 4 N–H and O–H groups in total. The van der Waals surface area contributed by atoms with Crippen molar-refractivity contribution < 1.29 is 14.9 Å². The normalized spacial score (nSPS) is 28.7. The van der Waals surface area contributed by atoms with Gasteiger partial charge in [-0.2, -0.15) is 0 Å². The number of ether oxygens (including phenoxy) is 1. The molecular weight excluding hydrogens is 280 g/mol. The molecule has 3 rings (SSSR count). The van der Waals surface area contributed by atoms with Crippen molar-refractivity contribution in [3.63, 3.8) is 0 Å². The predicted molar refractivity (Wildman–Crippen MR) is 69.7 cm³/mol. The highest BCUT2D eigenvalue weighted by atomic mass is 16.5. The second kappa shape index (κ2) is 5.14. The van der Waals surface area contributed by atoms with Gasteiger partial charge in [0, 0.05) is 4.91 Å². The Morgan fingerprint density at radius 3 is 3.00 bits per heavy atom. The number of aromatic nitrogens is 4. The van der Waals surface area contributed by atoms with Gasteiger partial charge < -0.3 is 20.7 Å². The monoisotopic (exact) mass is 292 g/mol. The maximum atomic E-state index is 10.0. The highest BCUT2D eigenvalue weighted by Crippen LogP contribution is 2.33. The summed E-state index contributed by atoms with van der Waals surface area (Å²) in [6.45, 7) is -0.404. The SMILES string of the molecule is [N-]=[N+]=N[C@@H]1[C@@H](O)[C@H](CO)O[C@@H]1n1cnc2c(N)ncnc21. The Balaban J connectivity index is 2.08. The van der Waals surface area contributed by atoms with E-state index in [-0.39, 0.29) is 5.82 Å². The van der Waals surface area contributed by atoms with Crippen LogP contribution in [0.1, 0.15) is 6.23 Å². The second-order valence-corrected chi connectivity index (χ2v) is 4.52. The van der Waals surface area contributed by atoms with E-state index in [1.165, 1.54) is 17.2 Å². The molecule has 0 aromatic carbocycles. The standard InChI is InChI=1S/C10H12N8O3/c11-8-6-9(14-2-13-8)18(3-15-6)10-5(16-17-12)7(20)4(1-19)21-10/h2-5,7,10,19-20H,1H2,(H2,11,13,14)/t4-,5+,7-,10-/m0/s1. The lowest BCUT2D eigenvalue weighted by molar-refractivity contribution is -0.0437. The van der Waals surface area contributed by atoms with Gasteiger partial charge in [0.1, 0.15) is 30.2 Å². The summed E-state index contributed by atoms with van der Waals surface area (Å²) < 4.78 is 7.03. The van der Waals surface area contributed by atoms with Gasteiger partial charge in [0.05, 0.1) is 19.0 Å². The summed E-state index contributed by atoms with van der Waals surface area (Å²) in [5.74, 6) is 0.205. The topological polar surface area (TPSA) is 168 Å². The molecule has 2 aromatic rings. The Hall–Kier alpha value is -2.46. The van der Waals surface area contributed by atoms with Gasteiger partial charge in [0.15, 0.2) is 11.5 Å². The van der Waals surface area contributed by atoms with E-state index in [9.17, 15) is 10.2 Å². The van der Waals surface area contributed by atoms with Crippen LogP contribution >= 0.6 is 0 Å². The summed E-state index contributed by atoms with van der Waals surface area (Å²) in [6, 6.07) is -0.916. The molecule has 0 spiro atoms. The van der Waals surface area contributed by atoms with Crippen molar-refractivity contribution >= 4 is 17.0 Å². The van der Waals surface area contributed by atoms with Gasteiger partial charge in [0.2, 0.25) is 0 Å². The first kappa shape index (κ1) is 13.5. The summed E-state index contributed by atoms with van der Waals surface area (Å²) in [5.41, 5.74) is 15.1. The number of nitrogens with two attached hydrogens (primary N) is 1. The molecule has 0 aliphatic carbocycles. The van der Waals surface area contributed by atoms with Crippen LogP contribution in [0.5, 0.6) is 0 Å². The summed E-state index contributed by atoms with van der Waals surface area (Å²) >= 11 is 0. The average Bonchev–Trinajstić information content (AvgIpc) is 3.03. The fourth-order valence-electron chi connectivity index (χ4n) is 2.35. The molecule has 2 aromatic heterocycles. The van der Waals surface area contributed by atoms with E-state index in [2.05, 4.69) is 25.0 Å². The molecule has 0 radical (unpaired) electrons. The van der Waals surface area contributed by atoms with E-state index in [0.29, 0.717) is 11.2 Å². The Morgan fingerprint density at radius 1 is 1.48 bits per heavy atom. The van der Waals surface area contributed by atoms with Gasteiger partial charge in [-0.15, -0.1) is 0 Å². The molecule has 1 aliphatic heterocycles. The molecule has 1 aliphatic rings. The van der Waals surface area contributed by atoms with E-state index in [1.807, 2.05) is 0 Å². The number of nitrogen functional groups attached to an aromatic ring is 1. The van der Waals surface area contributed by atoms with Gasteiger partial charge in [-0.25, -0.2) is 15.0 Å². The fraction of sp³-hybridized carbons (Fsp3) is 0.500. The zero-order valence-corrected chi connectivity index (χ0v) is 10.7. The number of nitrogens with zero attached hydrogens (tertiary/aromatic N) is 7. The fourth-order valence-corrected chi connectivity index (χ4v) is 2.35. The maximum absolute atomic E-state index is 10.0. The Morgan fingerprint density at radius 2 is 2.29 bits per heavy atom. The minimum Gasteiger partial charge on any atom is -0.394 e. The molecule has 11 heteroatoms. The number of anilines is 1. The smallest absolute Gasteiger partial charge is 0.167 e. The summed E-state index contributed by atoms with van der Waals surface area (Å²) in [4.78, 5) is 14.7. The van der Waals surface area contributed by atoms with Crippen molar-refractivity contribution in [2.24, 2.45) is 5.11 Å². The van der Waals surface area contributed by atoms with E-state index < -0.39 is 31.1 Å². The number of imidazole rings is 1. The summed E-state index contributed by atoms with van der Waals surface area (Å²) in [7, 11) is 0. The van der Waals surface area contributed by atoms with Crippen LogP contribution in [-0.4, -0.2) is 54.6 Å². The number of fused-ring (bicyclic) bond motifs is 1. The van der Waals surface area contributed by atoms with Crippen molar-refractivity contribution in [1.82, 2.24) is 19.5 Å². The molecular formula is C10H12N8O3. The molecule has 3 heterocycles. The second-order valence-electron chi connectivity index (χ2n) is 4.52. The quantitative estimate of drug-likeness (QED) is 0.383. The largest absolute Gasteiger partial charge is 0.394 e. The van der Waals surface area contributed by atoms with E-state index in [1.54, 1.807) is 0 Å². The molecule has 1 saturated heterocycles. The van der Waals surface area contributed by atoms with Gasteiger partial charge in [-0.3, -0.25) is 4.57 Å². The van der Waals surface area contributed by atoms with Crippen LogP contribution in [0.3, 0.4) is 0 Å². The number of aliphatic hydroxyl groups excluding tert-OH is 2. The number of hydrogen-bond acceptors (Lipinski definition) is 8. The lowest BCUT2D eigenvalue weighted by Gasteiger charge is -2.16. The van der Waals surface area contributed by atoms with E-state index in [4.69, 9.17) is 16.0 Å². The van der Waals surface area contributed by atoms with Crippen molar-refractivity contribution in [1.29, 1.82) is 0 Å². The molecule has 4 atom stereocenters. The van der Waals surface area contributed by atoms with Crippen molar-refractivity contribution in [3.05, 3.63) is 23.1 Å². The Labute approximate surface area is 117 Å². The molecule has 21 heavy (non-hydrogen) atoms. The lowest BCUT2D eigenvalue weighted by atomic mass is 10.1. The van der Waals surface area contributed by atoms with Crippen LogP contribution in [-0.2, 0) is 4.74 Å². The molecule has 0 amide bonds. The maximum Gasteiger partial charge on any atom is 0.167 e. The minimum absolute atomic E-state index is 0.205. The average molecular weight is 292 g/mol. The van der Waals surface area contributed by atoms with Crippen LogP contribution < -0.4 is 5.73 Å². The molecule has 1 fully saturated rings. The van der Waals surface area contributed by atoms with Gasteiger partial charge in [-0.05, 0) is 5.53 Å². The molecule has 0 bridgehead atoms. The number of azide groups is 1. The Kier molecular flexibility index (Phi) is 3.31. The molecule has 11 nitrogen and oxygen atoms in total. The molecule has 0 unspecified atom stereocenters. The van der Waals surface area contributed by atoms with Gasteiger partial charge in [0.25, 0.3) is 0 Å². The molecule has 110 valence electrons. The first-order chi connectivity index (χ1) is 10.2. The van der Waals surface area contributed by atoms with Gasteiger partial charge >= 0.3 is 0 Å². The highest BCUT2D eigenvalue weighted by molar-refractivity contribution is 5.81. The van der Waals surface area contributed by atoms with Crippen LogP contribution in [0.15, 0.2) is 17.8 Å². The van der Waals surface area contributed by atoms with Crippen LogP contribution in [0, 0.1) is 0 Å². The predicted octanol–water partition coefficient (Wildman–Crippen LogP) is -0.662. The van der Waals surface area contributed by atoms with Crippen LogP contribution in [0.25, 0.3) is 21.6 Å². The highest BCUT2D eigenvalue weighted by Gasteiger charge is 2.44. The third-order valence-corrected chi connectivity index (χ3v) is 3.36. The third-order valence-electron chi connectivity index (χ3n) is 3.36. The number of rotatable bonds is 3. The third kappa shape index (κ3) is 2.04. The first-order valence-corrected chi connectivity index (χ1v) is 6.09. The minimum atomic E-state index is -1.13. The van der Waals surface area contributed by atoms with Crippen LogP contribution in [0.2, 0.25) is 0 Å². The van der Waals surface area contributed by atoms with Crippen LogP contribution in [0.4, 0.5) is 5.82 Å². The van der Waals surface area contributed by atoms with E-state index in [0.717, 1.165) is 0 Å². The summed E-state index contributed by atoms with van der Waals surface area (Å²) in [6.07, 6.45) is -0.151. The zero-order chi connectivity index (χ0) is 15.0. The van der Waals surface area contributed by atoms with Crippen molar-refractivity contribution in [2.45, 2.75) is 24.5 Å². The number of aliphatic hydroxyl groups is 2. The van der Waals surface area contributed by atoms with Crippen molar-refractivity contribution in [2.75, 3.05) is 12.3 Å². The molecule has 0 saturated carbocycles. The number of hydrogen-bond donors (Lipinski definition) is 3. The van der Waals surface area contributed by atoms with E-state index >= 15 is 0 Å². The first-order valence-electron chi connectivity index (χ1n) is 6.09. The Bertz CT molecular complexity index is 711. The summed E-state index contributed by atoms with van der Waals surface area (Å²) in [5, 5.41) is 22.8. The van der Waals surface area contributed by atoms with Gasteiger partial charge in [-0.1, -0.05) is 5.11 Å².